The molecule has 0 aromatic heterocycles. The van der Waals surface area contributed by atoms with E-state index in [0.717, 1.165) is 31.4 Å². The molecule has 2 bridgehead atoms. The molecule has 1 aromatic carbocycles. The van der Waals surface area contributed by atoms with Crippen LogP contribution in [0, 0.1) is 17.8 Å². The highest BCUT2D eigenvalue weighted by Crippen LogP contribution is 2.42. The first-order valence-electron chi connectivity index (χ1n) is 10.8. The van der Waals surface area contributed by atoms with Gasteiger partial charge < -0.3 is 21.3 Å². The number of para-hydroxylation sites is 1. The van der Waals surface area contributed by atoms with Crippen molar-refractivity contribution in [2.24, 2.45) is 23.5 Å². The fourth-order valence-electron chi connectivity index (χ4n) is 5.27. The number of amides is 3. The molecule has 2 saturated carbocycles. The monoisotopic (exact) mass is 384 g/mol. The van der Waals surface area contributed by atoms with E-state index in [1.54, 1.807) is 0 Å². The van der Waals surface area contributed by atoms with Crippen LogP contribution < -0.4 is 16.4 Å². The molecule has 1 heterocycles. The van der Waals surface area contributed by atoms with Gasteiger partial charge in [-0.15, -0.1) is 0 Å². The number of hydrogen-bond acceptors (Lipinski definition) is 3. The maximum absolute atomic E-state index is 12.8. The lowest BCUT2D eigenvalue weighted by Gasteiger charge is -2.44. The van der Waals surface area contributed by atoms with Gasteiger partial charge in [0.05, 0.1) is 0 Å². The van der Waals surface area contributed by atoms with Gasteiger partial charge in [0.2, 0.25) is 5.91 Å². The lowest BCUT2D eigenvalue weighted by atomic mass is 9.65. The lowest BCUT2D eigenvalue weighted by Crippen LogP contribution is -2.52. The second-order valence-corrected chi connectivity index (χ2v) is 8.76. The number of carbonyl (C=O) groups is 2. The van der Waals surface area contributed by atoms with Gasteiger partial charge in [0, 0.05) is 36.8 Å². The highest BCUT2D eigenvalue weighted by Gasteiger charge is 2.41. The van der Waals surface area contributed by atoms with Crippen molar-refractivity contribution in [1.82, 2.24) is 10.2 Å². The molecule has 4 N–H and O–H groups in total. The van der Waals surface area contributed by atoms with Gasteiger partial charge in [-0.2, -0.15) is 0 Å². The predicted octanol–water partition coefficient (Wildman–Crippen LogP) is 2.95. The number of carbonyl (C=O) groups excluding carboxylic acids is 2. The van der Waals surface area contributed by atoms with Gasteiger partial charge in [0.15, 0.2) is 0 Å². The first-order chi connectivity index (χ1) is 13.6. The minimum absolute atomic E-state index is 0.0648. The van der Waals surface area contributed by atoms with E-state index in [4.69, 9.17) is 5.73 Å². The Morgan fingerprint density at radius 2 is 1.61 bits per heavy atom. The molecule has 152 valence electrons. The molecule has 0 radical (unpaired) electrons. The van der Waals surface area contributed by atoms with E-state index in [9.17, 15) is 9.59 Å². The van der Waals surface area contributed by atoms with E-state index in [-0.39, 0.29) is 23.9 Å². The van der Waals surface area contributed by atoms with Crippen LogP contribution in [0.4, 0.5) is 10.5 Å². The Hall–Kier alpha value is -2.08. The summed E-state index contributed by atoms with van der Waals surface area (Å²) in [4.78, 5) is 27.1. The molecule has 2 atom stereocenters. The molecule has 2 aliphatic carbocycles. The van der Waals surface area contributed by atoms with Crippen molar-refractivity contribution in [3.05, 3.63) is 30.3 Å². The number of anilines is 1. The average Bonchev–Trinajstić information content (AvgIpc) is 2.69. The molecule has 4 rings (SSSR count). The summed E-state index contributed by atoms with van der Waals surface area (Å²) in [6.45, 7) is 1.34. The van der Waals surface area contributed by atoms with Gasteiger partial charge in [0.25, 0.3) is 0 Å². The third kappa shape index (κ3) is 4.32. The molecular weight excluding hydrogens is 352 g/mol. The maximum Gasteiger partial charge on any atom is 0.321 e. The van der Waals surface area contributed by atoms with Crippen LogP contribution in [0.5, 0.6) is 0 Å². The van der Waals surface area contributed by atoms with Crippen LogP contribution in [-0.4, -0.2) is 42.0 Å². The van der Waals surface area contributed by atoms with Crippen LogP contribution in [0.2, 0.25) is 0 Å². The van der Waals surface area contributed by atoms with E-state index in [2.05, 4.69) is 10.6 Å². The highest BCUT2D eigenvalue weighted by atomic mass is 16.2. The van der Waals surface area contributed by atoms with Gasteiger partial charge in [-0.1, -0.05) is 24.6 Å². The predicted molar refractivity (Wildman–Crippen MR) is 110 cm³/mol. The zero-order valence-electron chi connectivity index (χ0n) is 16.5. The topological polar surface area (TPSA) is 87.5 Å². The van der Waals surface area contributed by atoms with Crippen LogP contribution in [0.3, 0.4) is 0 Å². The fourth-order valence-corrected chi connectivity index (χ4v) is 5.27. The van der Waals surface area contributed by atoms with Gasteiger partial charge in [-0.3, -0.25) is 4.79 Å². The van der Waals surface area contributed by atoms with Crippen LogP contribution in [-0.2, 0) is 4.79 Å². The number of hydrogen-bond donors (Lipinski definition) is 3. The third-order valence-corrected chi connectivity index (χ3v) is 6.94. The molecule has 0 spiro atoms. The minimum Gasteiger partial charge on any atom is -0.353 e. The largest absolute Gasteiger partial charge is 0.353 e. The standard InChI is InChI=1S/C22H32N4O2/c23-20-15-5-4-6-16(20)14-17(13-15)21(27)24-19-9-11-26(12-10-19)22(28)25-18-7-2-1-3-8-18/h1-3,7-8,15-17,19-20H,4-6,9-14,23H2,(H,24,27)(H,25,28). The van der Waals surface area contributed by atoms with Gasteiger partial charge >= 0.3 is 6.03 Å². The van der Waals surface area contributed by atoms with Gasteiger partial charge in [-0.25, -0.2) is 4.79 Å². The Bertz CT molecular complexity index is 673. The number of nitrogens with two attached hydrogens (primary N) is 1. The van der Waals surface area contributed by atoms with E-state index in [1.807, 2.05) is 35.2 Å². The summed E-state index contributed by atoms with van der Waals surface area (Å²) in [5.74, 6) is 1.36. The average molecular weight is 385 g/mol. The zero-order valence-corrected chi connectivity index (χ0v) is 16.5. The summed E-state index contributed by atoms with van der Waals surface area (Å²) in [7, 11) is 0. The number of benzene rings is 1. The van der Waals surface area contributed by atoms with E-state index in [1.165, 1.54) is 19.3 Å². The molecular formula is C22H32N4O2. The quantitative estimate of drug-likeness (QED) is 0.749. The molecule has 28 heavy (non-hydrogen) atoms. The van der Waals surface area contributed by atoms with Gasteiger partial charge in [-0.05, 0) is 62.5 Å². The van der Waals surface area contributed by atoms with E-state index >= 15 is 0 Å². The van der Waals surface area contributed by atoms with Crippen molar-refractivity contribution in [2.45, 2.75) is 57.0 Å². The Labute approximate surface area is 167 Å². The summed E-state index contributed by atoms with van der Waals surface area (Å²) >= 11 is 0. The second kappa shape index (κ2) is 8.52. The second-order valence-electron chi connectivity index (χ2n) is 8.76. The molecule has 1 aliphatic heterocycles. The molecule has 3 aliphatic rings. The van der Waals surface area contributed by atoms with Crippen molar-refractivity contribution in [3.8, 4) is 0 Å². The third-order valence-electron chi connectivity index (χ3n) is 6.94. The molecule has 1 aromatic rings. The summed E-state index contributed by atoms with van der Waals surface area (Å²) in [6, 6.07) is 9.91. The first kappa shape index (κ1) is 19.2. The smallest absolute Gasteiger partial charge is 0.321 e. The fraction of sp³-hybridized carbons (Fsp3) is 0.636. The van der Waals surface area contributed by atoms with Crippen molar-refractivity contribution in [2.75, 3.05) is 18.4 Å². The van der Waals surface area contributed by atoms with E-state index in [0.29, 0.717) is 31.0 Å². The number of piperidine rings is 1. The SMILES string of the molecule is NC1C2CCCC1CC(C(=O)NC1CCN(C(=O)Nc3ccccc3)CC1)C2. The summed E-state index contributed by atoms with van der Waals surface area (Å²) in [5.41, 5.74) is 7.16. The number of rotatable bonds is 3. The Morgan fingerprint density at radius 3 is 2.25 bits per heavy atom. The number of nitrogens with zero attached hydrogens (tertiary/aromatic N) is 1. The van der Waals surface area contributed by atoms with Crippen LogP contribution in [0.25, 0.3) is 0 Å². The first-order valence-corrected chi connectivity index (χ1v) is 10.8. The molecule has 3 fully saturated rings. The molecule has 2 unspecified atom stereocenters. The highest BCUT2D eigenvalue weighted by molar-refractivity contribution is 5.89. The zero-order chi connectivity index (χ0) is 19.5. The van der Waals surface area contributed by atoms with Crippen LogP contribution in [0.1, 0.15) is 44.9 Å². The van der Waals surface area contributed by atoms with E-state index < -0.39 is 0 Å². The maximum atomic E-state index is 12.8. The lowest BCUT2D eigenvalue weighted by molar-refractivity contribution is -0.128. The van der Waals surface area contributed by atoms with Gasteiger partial charge in [0.1, 0.15) is 0 Å². The summed E-state index contributed by atoms with van der Waals surface area (Å²) in [5, 5.41) is 6.20. The molecule has 6 nitrogen and oxygen atoms in total. The number of urea groups is 1. The number of fused-ring (bicyclic) bond motifs is 2. The molecule has 6 heteroatoms. The number of nitrogens with one attached hydrogen (secondary N) is 2. The van der Waals surface area contributed by atoms with Crippen LogP contribution in [0.15, 0.2) is 30.3 Å². The van der Waals surface area contributed by atoms with Crippen molar-refractivity contribution >= 4 is 17.6 Å². The normalized spacial score (nSPS) is 30.5. The van der Waals surface area contributed by atoms with Crippen molar-refractivity contribution in [3.63, 3.8) is 0 Å². The Balaban J connectivity index is 1.23. The summed E-state index contributed by atoms with van der Waals surface area (Å²) < 4.78 is 0. The van der Waals surface area contributed by atoms with Crippen molar-refractivity contribution in [1.29, 1.82) is 0 Å². The summed E-state index contributed by atoms with van der Waals surface area (Å²) in [6.07, 6.45) is 7.14. The van der Waals surface area contributed by atoms with Crippen LogP contribution >= 0.6 is 0 Å². The number of likely N-dealkylation sites (tertiary alicyclic amines) is 1. The molecule has 3 amide bonds. The Morgan fingerprint density at radius 1 is 0.964 bits per heavy atom. The van der Waals surface area contributed by atoms with Crippen molar-refractivity contribution < 1.29 is 9.59 Å². The minimum atomic E-state index is -0.0648. The molecule has 1 saturated heterocycles. The Kier molecular flexibility index (Phi) is 5.85.